The first-order chi connectivity index (χ1) is 5.17. The van der Waals surface area contributed by atoms with Crippen LogP contribution in [-0.4, -0.2) is 32.6 Å². The van der Waals surface area contributed by atoms with Crippen LogP contribution in [0.2, 0.25) is 22.7 Å². The van der Waals surface area contributed by atoms with E-state index in [0.717, 1.165) is 6.61 Å². The maximum absolute atomic E-state index is 5.99. The summed E-state index contributed by atoms with van der Waals surface area (Å²) in [5.74, 6) is 0. The molecule has 0 spiro atoms. The normalized spacial score (nSPS) is 16.3. The van der Waals surface area contributed by atoms with Crippen molar-refractivity contribution >= 4 is 26.0 Å². The van der Waals surface area contributed by atoms with Crippen LogP contribution in [0, 0.1) is 0 Å². The Morgan fingerprint density at radius 3 is 2.00 bits per heavy atom. The molecule has 68 valence electrons. The van der Waals surface area contributed by atoms with E-state index in [9.17, 15) is 0 Å². The third-order valence-electron chi connectivity index (χ3n) is 2.58. The standard InChI is InChI=1S/C9H21OSi.Li/c1-7-8-10-11(5,6)9(2,3)4;/h7H,8H2,1-6H3;. The Hall–Kier alpha value is 0.774. The van der Waals surface area contributed by atoms with Crippen molar-refractivity contribution in [3.63, 3.8) is 0 Å². The van der Waals surface area contributed by atoms with Gasteiger partial charge in [-0.3, -0.25) is 0 Å². The van der Waals surface area contributed by atoms with E-state index >= 15 is 0 Å². The van der Waals surface area contributed by atoms with E-state index in [1.165, 1.54) is 0 Å². The fraction of sp³-hybridized carbons (Fsp3) is 1.00. The minimum atomic E-state index is -1.47. The molecule has 0 rings (SSSR count). The fourth-order valence-corrected chi connectivity index (χ4v) is 1.77. The average Bonchev–Trinajstić information content (AvgIpc) is 1.81. The molecule has 0 aromatic carbocycles. The van der Waals surface area contributed by atoms with Gasteiger partial charge in [0.15, 0.2) is 0 Å². The Labute approximate surface area is 87.6 Å². The van der Waals surface area contributed by atoms with Crippen molar-refractivity contribution in [1.29, 1.82) is 0 Å². The first kappa shape index (κ1) is 12.8. The van der Waals surface area contributed by atoms with E-state index in [1.54, 1.807) is 0 Å². The topological polar surface area (TPSA) is 9.23 Å². The molecule has 0 bridgehead atoms. The molecule has 0 radical (unpaired) electrons. The van der Waals surface area contributed by atoms with E-state index < -0.39 is 8.32 Å². The average molecular weight is 180 g/mol. The predicted molar refractivity (Wildman–Crippen MR) is 58.3 cm³/mol. The van der Waals surface area contributed by atoms with Gasteiger partial charge in [0.05, 0.1) is 0 Å². The van der Waals surface area contributed by atoms with Crippen LogP contribution < -0.4 is 0 Å². The summed E-state index contributed by atoms with van der Waals surface area (Å²) in [6.07, 6.45) is 0. The first-order valence-corrected chi connectivity index (χ1v) is 7.71. The maximum atomic E-state index is 5.99. The van der Waals surface area contributed by atoms with E-state index in [4.69, 9.17) is 4.43 Å². The summed E-state index contributed by atoms with van der Waals surface area (Å²) in [6, 6.07) is 0. The van der Waals surface area contributed by atoms with Crippen molar-refractivity contribution < 1.29 is 4.43 Å². The molecular formula is C9H21LiOSi. The summed E-state index contributed by atoms with van der Waals surface area (Å²) < 4.78 is 6.65. The second-order valence-corrected chi connectivity index (χ2v) is 10.3. The molecule has 12 heavy (non-hydrogen) atoms. The van der Waals surface area contributed by atoms with Crippen molar-refractivity contribution in [3.05, 3.63) is 0 Å². The Balaban J connectivity index is 4.05. The number of hydrogen-bond acceptors (Lipinski definition) is 1. The van der Waals surface area contributed by atoms with Gasteiger partial charge in [0.2, 0.25) is 0 Å². The summed E-state index contributed by atoms with van der Waals surface area (Å²) in [5, 5.41) is 0.349. The van der Waals surface area contributed by atoms with Gasteiger partial charge in [-0.15, -0.1) is 0 Å². The monoisotopic (exact) mass is 180 g/mol. The molecule has 0 aliphatic rings. The van der Waals surface area contributed by atoms with Crippen molar-refractivity contribution in [2.75, 3.05) is 6.61 Å². The first-order valence-electron chi connectivity index (χ1n) is 4.81. The van der Waals surface area contributed by atoms with E-state index in [2.05, 4.69) is 58.5 Å². The van der Waals surface area contributed by atoms with Crippen LogP contribution in [0.1, 0.15) is 27.7 Å². The molecule has 0 N–H and O–H groups in total. The molecule has 0 aromatic rings. The van der Waals surface area contributed by atoms with Crippen molar-refractivity contribution in [2.45, 2.75) is 50.4 Å². The zero-order valence-electron chi connectivity index (χ0n) is 9.69. The van der Waals surface area contributed by atoms with E-state index in [-0.39, 0.29) is 0 Å². The van der Waals surface area contributed by atoms with Gasteiger partial charge in [-0.2, -0.15) is 0 Å². The molecule has 0 amide bonds. The summed E-state index contributed by atoms with van der Waals surface area (Å²) in [5.41, 5.74) is 0. The number of rotatable bonds is 3. The molecular weight excluding hydrogens is 159 g/mol. The van der Waals surface area contributed by atoms with Crippen molar-refractivity contribution in [3.8, 4) is 0 Å². The van der Waals surface area contributed by atoms with Gasteiger partial charge in [0, 0.05) is 0 Å². The predicted octanol–water partition coefficient (Wildman–Crippen LogP) is 2.99. The Bertz CT molecular complexity index is 138. The molecule has 1 nitrogen and oxygen atoms in total. The van der Waals surface area contributed by atoms with Gasteiger partial charge < -0.3 is 0 Å². The molecule has 0 saturated heterocycles. The SMILES string of the molecule is [Li][CH](C)CO[Si](C)(C)C(C)(C)C. The molecule has 3 heteroatoms. The fourth-order valence-electron chi connectivity index (χ4n) is 0.592. The number of hydrogen-bond donors (Lipinski definition) is 0. The van der Waals surface area contributed by atoms with Gasteiger partial charge >= 0.3 is 87.5 Å². The second-order valence-electron chi connectivity index (χ2n) is 5.47. The summed E-state index contributed by atoms with van der Waals surface area (Å²) in [7, 11) is -1.47. The van der Waals surface area contributed by atoms with E-state index in [0.29, 0.717) is 9.63 Å². The molecule has 0 aliphatic heterocycles. The van der Waals surface area contributed by atoms with Crippen LogP contribution >= 0.6 is 0 Å². The second kappa shape index (κ2) is 4.33. The summed E-state index contributed by atoms with van der Waals surface area (Å²) in [6.45, 7) is 14.5. The Morgan fingerprint density at radius 1 is 1.33 bits per heavy atom. The molecule has 0 aliphatic carbocycles. The van der Waals surface area contributed by atoms with Crippen LogP contribution in [0.5, 0.6) is 0 Å². The third kappa shape index (κ3) is 4.14. The molecule has 0 heterocycles. The van der Waals surface area contributed by atoms with Crippen LogP contribution in [0.4, 0.5) is 0 Å². The van der Waals surface area contributed by atoms with Gasteiger partial charge in [0.25, 0.3) is 0 Å². The van der Waals surface area contributed by atoms with Gasteiger partial charge in [0.1, 0.15) is 0 Å². The molecule has 0 aromatic heterocycles. The molecule has 0 fully saturated rings. The van der Waals surface area contributed by atoms with Crippen LogP contribution in [0.15, 0.2) is 0 Å². The van der Waals surface area contributed by atoms with Crippen LogP contribution in [0.25, 0.3) is 0 Å². The zero-order chi connectivity index (χ0) is 9.99. The van der Waals surface area contributed by atoms with Gasteiger partial charge in [-0.25, -0.2) is 0 Å². The van der Waals surface area contributed by atoms with Crippen molar-refractivity contribution in [2.24, 2.45) is 0 Å². The van der Waals surface area contributed by atoms with Crippen LogP contribution in [-0.2, 0) is 4.43 Å². The van der Waals surface area contributed by atoms with Gasteiger partial charge in [-0.1, -0.05) is 0 Å². The van der Waals surface area contributed by atoms with Crippen LogP contribution in [0.3, 0.4) is 0 Å². The quantitative estimate of drug-likeness (QED) is 0.607. The van der Waals surface area contributed by atoms with E-state index in [1.807, 2.05) is 0 Å². The molecule has 1 unspecified atom stereocenters. The Kier molecular flexibility index (Phi) is 4.61. The summed E-state index contributed by atoms with van der Waals surface area (Å²) >= 11 is 2.20. The molecule has 0 saturated carbocycles. The zero-order valence-corrected chi connectivity index (χ0v) is 10.7. The third-order valence-corrected chi connectivity index (χ3v) is 7.08. The molecule has 1 atom stereocenters. The summed E-state index contributed by atoms with van der Waals surface area (Å²) in [4.78, 5) is 0. The van der Waals surface area contributed by atoms with Crippen molar-refractivity contribution in [1.82, 2.24) is 0 Å². The Morgan fingerprint density at radius 2 is 1.75 bits per heavy atom. The minimum absolute atomic E-state index is 0.349. The van der Waals surface area contributed by atoms with Gasteiger partial charge in [-0.05, 0) is 0 Å².